The van der Waals surface area contributed by atoms with Crippen LogP contribution in [0.2, 0.25) is 0 Å². The van der Waals surface area contributed by atoms with Crippen molar-refractivity contribution >= 4 is 6.09 Å². The SMILES string of the molecule is COc1cccc([C@@H](C)NC[C@@H](O)[C@H](Cc2ccccc2)NC(=O)OC(C)(C)C)c1. The summed E-state index contributed by atoms with van der Waals surface area (Å²) in [6.45, 7) is 7.77. The third-order valence-electron chi connectivity index (χ3n) is 4.69. The number of rotatable bonds is 9. The van der Waals surface area contributed by atoms with Crippen molar-refractivity contribution in [2.45, 2.75) is 57.9 Å². The summed E-state index contributed by atoms with van der Waals surface area (Å²) in [6.07, 6.45) is -0.842. The van der Waals surface area contributed by atoms with Gasteiger partial charge >= 0.3 is 6.09 Å². The Hall–Kier alpha value is -2.57. The summed E-state index contributed by atoms with van der Waals surface area (Å²) in [5, 5.41) is 17.0. The number of hydrogen-bond donors (Lipinski definition) is 3. The molecule has 3 N–H and O–H groups in total. The number of hydrogen-bond acceptors (Lipinski definition) is 5. The van der Waals surface area contributed by atoms with Gasteiger partial charge in [-0.3, -0.25) is 0 Å². The van der Waals surface area contributed by atoms with Gasteiger partial charge in [-0.15, -0.1) is 0 Å². The highest BCUT2D eigenvalue weighted by molar-refractivity contribution is 5.68. The van der Waals surface area contributed by atoms with Crippen LogP contribution in [0, 0.1) is 0 Å². The van der Waals surface area contributed by atoms with Crippen LogP contribution in [0.4, 0.5) is 4.79 Å². The molecule has 0 spiro atoms. The molecule has 164 valence electrons. The van der Waals surface area contributed by atoms with Crippen LogP contribution in [0.25, 0.3) is 0 Å². The predicted octanol–water partition coefficient (Wildman–Crippen LogP) is 3.84. The Morgan fingerprint density at radius 1 is 1.10 bits per heavy atom. The van der Waals surface area contributed by atoms with Crippen LogP contribution < -0.4 is 15.4 Å². The molecule has 30 heavy (non-hydrogen) atoms. The molecule has 0 saturated carbocycles. The molecule has 0 radical (unpaired) electrons. The molecule has 0 aliphatic carbocycles. The number of alkyl carbamates (subject to hydrolysis) is 1. The van der Waals surface area contributed by atoms with Gasteiger partial charge in [0.2, 0.25) is 0 Å². The first kappa shape index (κ1) is 23.7. The van der Waals surface area contributed by atoms with E-state index in [1.54, 1.807) is 7.11 Å². The average molecular weight is 415 g/mol. The molecule has 3 atom stereocenters. The van der Waals surface area contributed by atoms with Gasteiger partial charge in [0.05, 0.1) is 19.3 Å². The molecule has 2 aromatic carbocycles. The van der Waals surface area contributed by atoms with Crippen LogP contribution >= 0.6 is 0 Å². The van der Waals surface area contributed by atoms with Crippen molar-refractivity contribution in [2.24, 2.45) is 0 Å². The second-order valence-electron chi connectivity index (χ2n) is 8.42. The van der Waals surface area contributed by atoms with Crippen molar-refractivity contribution in [3.8, 4) is 5.75 Å². The van der Waals surface area contributed by atoms with Crippen molar-refractivity contribution < 1.29 is 19.4 Å². The summed E-state index contributed by atoms with van der Waals surface area (Å²) in [7, 11) is 1.64. The number of amides is 1. The maximum Gasteiger partial charge on any atom is 0.407 e. The number of methoxy groups -OCH3 is 1. The van der Waals surface area contributed by atoms with Crippen molar-refractivity contribution in [1.29, 1.82) is 0 Å². The molecule has 0 saturated heterocycles. The van der Waals surface area contributed by atoms with Crippen LogP contribution in [0.5, 0.6) is 5.75 Å². The molecule has 6 nitrogen and oxygen atoms in total. The predicted molar refractivity (Wildman–Crippen MR) is 119 cm³/mol. The van der Waals surface area contributed by atoms with Gasteiger partial charge < -0.3 is 25.2 Å². The molecule has 0 fully saturated rings. The summed E-state index contributed by atoms with van der Waals surface area (Å²) in [5.41, 5.74) is 1.48. The van der Waals surface area contributed by atoms with E-state index in [2.05, 4.69) is 10.6 Å². The third-order valence-corrected chi connectivity index (χ3v) is 4.69. The maximum atomic E-state index is 12.3. The lowest BCUT2D eigenvalue weighted by molar-refractivity contribution is 0.0420. The third kappa shape index (κ3) is 8.05. The van der Waals surface area contributed by atoms with Gasteiger partial charge in [-0.1, -0.05) is 42.5 Å². The first-order valence-corrected chi connectivity index (χ1v) is 10.3. The number of ether oxygens (including phenoxy) is 2. The Kier molecular flexibility index (Phi) is 8.69. The van der Waals surface area contributed by atoms with E-state index in [0.29, 0.717) is 13.0 Å². The summed E-state index contributed by atoms with van der Waals surface area (Å²) < 4.78 is 10.7. The van der Waals surface area contributed by atoms with Gasteiger partial charge in [-0.2, -0.15) is 0 Å². The van der Waals surface area contributed by atoms with Gasteiger partial charge in [0.25, 0.3) is 0 Å². The van der Waals surface area contributed by atoms with Crippen LogP contribution in [0.15, 0.2) is 54.6 Å². The fourth-order valence-electron chi connectivity index (χ4n) is 3.08. The van der Waals surface area contributed by atoms with E-state index in [9.17, 15) is 9.90 Å². The van der Waals surface area contributed by atoms with Gasteiger partial charge in [-0.25, -0.2) is 4.79 Å². The molecule has 0 unspecified atom stereocenters. The minimum absolute atomic E-state index is 0.00801. The normalized spacial score (nSPS) is 14.5. The van der Waals surface area contributed by atoms with Crippen molar-refractivity contribution in [3.05, 3.63) is 65.7 Å². The molecular weight excluding hydrogens is 380 g/mol. The lowest BCUT2D eigenvalue weighted by atomic mass is 10.0. The van der Waals surface area contributed by atoms with E-state index in [0.717, 1.165) is 16.9 Å². The Bertz CT molecular complexity index is 789. The van der Waals surface area contributed by atoms with Gasteiger partial charge in [-0.05, 0) is 57.4 Å². The van der Waals surface area contributed by atoms with E-state index in [1.807, 2.05) is 82.3 Å². The van der Waals surface area contributed by atoms with E-state index in [1.165, 1.54) is 0 Å². The Labute approximate surface area is 179 Å². The van der Waals surface area contributed by atoms with Crippen molar-refractivity contribution in [2.75, 3.05) is 13.7 Å². The first-order chi connectivity index (χ1) is 14.2. The van der Waals surface area contributed by atoms with E-state index in [4.69, 9.17) is 9.47 Å². The highest BCUT2D eigenvalue weighted by Gasteiger charge is 2.25. The van der Waals surface area contributed by atoms with Crippen LogP contribution in [0.1, 0.15) is 44.9 Å². The number of benzene rings is 2. The maximum absolute atomic E-state index is 12.3. The largest absolute Gasteiger partial charge is 0.497 e. The lowest BCUT2D eigenvalue weighted by Crippen LogP contribution is -2.50. The van der Waals surface area contributed by atoms with E-state index < -0.39 is 23.8 Å². The number of carbonyl (C=O) groups is 1. The molecule has 0 aromatic heterocycles. The monoisotopic (exact) mass is 414 g/mol. The lowest BCUT2D eigenvalue weighted by Gasteiger charge is -2.28. The number of nitrogens with one attached hydrogen (secondary N) is 2. The van der Waals surface area contributed by atoms with Gasteiger partial charge in [0.1, 0.15) is 11.4 Å². The van der Waals surface area contributed by atoms with E-state index in [-0.39, 0.29) is 6.04 Å². The molecule has 1 amide bonds. The Balaban J connectivity index is 2.03. The molecule has 2 aromatic rings. The minimum Gasteiger partial charge on any atom is -0.497 e. The van der Waals surface area contributed by atoms with E-state index >= 15 is 0 Å². The Morgan fingerprint density at radius 2 is 1.80 bits per heavy atom. The number of aliphatic hydroxyl groups excluding tert-OH is 1. The minimum atomic E-state index is -0.800. The van der Waals surface area contributed by atoms with Crippen molar-refractivity contribution in [3.63, 3.8) is 0 Å². The summed E-state index contributed by atoms with van der Waals surface area (Å²) in [4.78, 5) is 12.3. The second-order valence-corrected chi connectivity index (χ2v) is 8.42. The number of aliphatic hydroxyl groups is 1. The molecule has 0 heterocycles. The molecule has 6 heteroatoms. The van der Waals surface area contributed by atoms with Crippen LogP contribution in [0.3, 0.4) is 0 Å². The van der Waals surface area contributed by atoms with Crippen LogP contribution in [-0.4, -0.2) is 42.6 Å². The van der Waals surface area contributed by atoms with Crippen molar-refractivity contribution in [1.82, 2.24) is 10.6 Å². The average Bonchev–Trinajstić information content (AvgIpc) is 2.70. The van der Waals surface area contributed by atoms with Crippen LogP contribution in [-0.2, 0) is 11.2 Å². The summed E-state index contributed by atoms with van der Waals surface area (Å²) in [5.74, 6) is 0.787. The smallest absolute Gasteiger partial charge is 0.407 e. The summed E-state index contributed by atoms with van der Waals surface area (Å²) in [6, 6.07) is 17.1. The molecule has 0 aliphatic heterocycles. The quantitative estimate of drug-likeness (QED) is 0.581. The second kappa shape index (κ2) is 11.0. The molecule has 0 bridgehead atoms. The highest BCUT2D eigenvalue weighted by atomic mass is 16.6. The zero-order chi connectivity index (χ0) is 22.1. The highest BCUT2D eigenvalue weighted by Crippen LogP contribution is 2.19. The summed E-state index contributed by atoms with van der Waals surface area (Å²) >= 11 is 0. The molecule has 2 rings (SSSR count). The fraction of sp³-hybridized carbons (Fsp3) is 0.458. The first-order valence-electron chi connectivity index (χ1n) is 10.3. The Morgan fingerprint density at radius 3 is 2.43 bits per heavy atom. The van der Waals surface area contributed by atoms with Gasteiger partial charge in [0.15, 0.2) is 0 Å². The van der Waals surface area contributed by atoms with Gasteiger partial charge in [0, 0.05) is 12.6 Å². The molecular formula is C24H34N2O4. The zero-order valence-corrected chi connectivity index (χ0v) is 18.5. The standard InChI is InChI=1S/C24H34N2O4/c1-17(19-12-9-13-20(15-19)29-5)25-16-22(27)21(14-18-10-7-6-8-11-18)26-23(28)30-24(2,3)4/h6-13,15,17,21-22,25,27H,14,16H2,1-5H3,(H,26,28)/t17-,21+,22-/m1/s1. The topological polar surface area (TPSA) is 79.8 Å². The molecule has 0 aliphatic rings. The zero-order valence-electron chi connectivity index (χ0n) is 18.5. The fourth-order valence-corrected chi connectivity index (χ4v) is 3.08. The number of carbonyl (C=O) groups excluding carboxylic acids is 1.